The van der Waals surface area contributed by atoms with E-state index < -0.39 is 33.4 Å². The summed E-state index contributed by atoms with van der Waals surface area (Å²) in [5, 5.41) is 0.194. The van der Waals surface area contributed by atoms with E-state index in [2.05, 4.69) is 0 Å². The molecule has 6 nitrogen and oxygen atoms in total. The van der Waals surface area contributed by atoms with Crippen molar-refractivity contribution in [2.24, 2.45) is 0 Å². The van der Waals surface area contributed by atoms with Crippen LogP contribution in [-0.2, 0) is 19.6 Å². The number of sulfonamides is 1. The number of para-hydroxylation sites is 1. The summed E-state index contributed by atoms with van der Waals surface area (Å²) in [6.07, 6.45) is 0.155. The Morgan fingerprint density at radius 2 is 1.73 bits per heavy atom. The van der Waals surface area contributed by atoms with Crippen LogP contribution in [0.3, 0.4) is 0 Å². The van der Waals surface area contributed by atoms with Crippen LogP contribution in [0.4, 0.5) is 5.69 Å². The Morgan fingerprint density at radius 3 is 2.33 bits per heavy atom. The van der Waals surface area contributed by atoms with E-state index in [0.717, 1.165) is 9.21 Å². The zero-order valence-electron chi connectivity index (χ0n) is 16.8. The first kappa shape index (κ1) is 22.7. The van der Waals surface area contributed by atoms with Gasteiger partial charge in [0.2, 0.25) is 15.9 Å². The summed E-state index contributed by atoms with van der Waals surface area (Å²) >= 11 is 12.2. The van der Waals surface area contributed by atoms with Gasteiger partial charge in [-0.1, -0.05) is 48.3 Å². The predicted octanol–water partition coefficient (Wildman–Crippen LogP) is 4.50. The first-order valence-corrected chi connectivity index (χ1v) is 11.6. The van der Waals surface area contributed by atoms with Crippen LogP contribution < -0.4 is 4.90 Å². The second-order valence-electron chi connectivity index (χ2n) is 7.66. The van der Waals surface area contributed by atoms with Crippen LogP contribution in [0, 0.1) is 0 Å². The number of rotatable bonds is 6. The van der Waals surface area contributed by atoms with Crippen molar-refractivity contribution in [3.8, 4) is 0 Å². The summed E-state index contributed by atoms with van der Waals surface area (Å²) in [4.78, 5) is 26.9. The molecule has 1 atom stereocenters. The number of nitrogens with zero attached hydrogens (tertiary/aromatic N) is 2. The Balaban J connectivity index is 2.13. The fraction of sp³-hybridized carbons (Fsp3) is 0.333. The smallest absolute Gasteiger partial charge is 0.252 e. The topological polar surface area (TPSA) is 74.8 Å². The Kier molecular flexibility index (Phi) is 6.30. The minimum atomic E-state index is -4.25. The number of carbonyl (C=O) groups excluding carboxylic acids is 2. The highest BCUT2D eigenvalue weighted by Crippen LogP contribution is 2.38. The number of benzene rings is 2. The van der Waals surface area contributed by atoms with E-state index in [-0.39, 0.29) is 21.4 Å². The summed E-state index contributed by atoms with van der Waals surface area (Å²) in [7, 11) is -4.25. The average molecular weight is 469 g/mol. The highest BCUT2D eigenvalue weighted by Gasteiger charge is 2.51. The first-order valence-electron chi connectivity index (χ1n) is 9.42. The number of carbonyl (C=O) groups is 2. The number of halogens is 2. The van der Waals surface area contributed by atoms with Crippen LogP contribution in [0.2, 0.25) is 10.0 Å². The van der Waals surface area contributed by atoms with Crippen molar-refractivity contribution >= 4 is 50.7 Å². The van der Waals surface area contributed by atoms with E-state index in [1.54, 1.807) is 44.2 Å². The van der Waals surface area contributed by atoms with Crippen molar-refractivity contribution in [2.45, 2.75) is 50.1 Å². The van der Waals surface area contributed by atoms with Crippen LogP contribution >= 0.6 is 23.2 Å². The van der Waals surface area contributed by atoms with Crippen LogP contribution in [-0.4, -0.2) is 36.1 Å². The Bertz CT molecular complexity index is 1090. The van der Waals surface area contributed by atoms with E-state index >= 15 is 0 Å². The maximum Gasteiger partial charge on any atom is 0.252 e. The van der Waals surface area contributed by atoms with Gasteiger partial charge in [-0.25, -0.2) is 13.3 Å². The fourth-order valence-electron chi connectivity index (χ4n) is 3.50. The Morgan fingerprint density at radius 1 is 1.10 bits per heavy atom. The number of imide groups is 1. The standard InChI is InChI=1S/C21H22Cl2N2O4S/c1-4-21(2,3)25(30(28,29)18-12-14(22)10-11-16(18)23)17-13-19(26)24(20(17)27)15-8-6-5-7-9-15/h5-12,17H,4,13H2,1-3H3. The van der Waals surface area contributed by atoms with Gasteiger partial charge in [-0.2, -0.15) is 4.31 Å². The number of amides is 2. The molecule has 3 rings (SSSR count). The molecule has 1 unspecified atom stereocenters. The normalized spacial score (nSPS) is 17.8. The minimum Gasteiger partial charge on any atom is -0.274 e. The molecule has 2 aromatic rings. The van der Waals surface area contributed by atoms with Gasteiger partial charge in [0.05, 0.1) is 17.1 Å². The van der Waals surface area contributed by atoms with E-state index in [9.17, 15) is 18.0 Å². The zero-order valence-corrected chi connectivity index (χ0v) is 19.1. The van der Waals surface area contributed by atoms with Crippen LogP contribution in [0.1, 0.15) is 33.6 Å². The van der Waals surface area contributed by atoms with Gasteiger partial charge in [0.15, 0.2) is 0 Å². The molecule has 1 aliphatic heterocycles. The molecule has 0 bridgehead atoms. The number of hydrogen-bond acceptors (Lipinski definition) is 4. The molecule has 0 radical (unpaired) electrons. The molecule has 0 aliphatic carbocycles. The second kappa shape index (κ2) is 8.30. The second-order valence-corrected chi connectivity index (χ2v) is 10.3. The molecule has 2 aromatic carbocycles. The lowest BCUT2D eigenvalue weighted by Gasteiger charge is -2.39. The molecule has 0 spiro atoms. The molecule has 160 valence electrons. The molecule has 0 saturated carbocycles. The third-order valence-corrected chi connectivity index (χ3v) is 8.15. The molecule has 1 fully saturated rings. The number of anilines is 1. The maximum absolute atomic E-state index is 13.7. The van der Waals surface area contributed by atoms with Gasteiger partial charge in [0, 0.05) is 10.6 Å². The van der Waals surface area contributed by atoms with Gasteiger partial charge in [-0.15, -0.1) is 0 Å². The van der Waals surface area contributed by atoms with Crippen LogP contribution in [0.25, 0.3) is 0 Å². The van der Waals surface area contributed by atoms with Crippen molar-refractivity contribution < 1.29 is 18.0 Å². The summed E-state index contributed by atoms with van der Waals surface area (Å²) in [6.45, 7) is 5.25. The van der Waals surface area contributed by atoms with Gasteiger partial charge < -0.3 is 0 Å². The molecule has 9 heteroatoms. The van der Waals surface area contributed by atoms with Gasteiger partial charge >= 0.3 is 0 Å². The summed E-state index contributed by atoms with van der Waals surface area (Å²) in [5.74, 6) is -1.05. The Hall–Kier alpha value is -1.93. The Labute approximate surface area is 186 Å². The number of hydrogen-bond donors (Lipinski definition) is 0. The molecule has 1 aliphatic rings. The molecule has 0 aromatic heterocycles. The monoisotopic (exact) mass is 468 g/mol. The fourth-order valence-corrected chi connectivity index (χ4v) is 6.23. The van der Waals surface area contributed by atoms with Crippen molar-refractivity contribution in [3.05, 3.63) is 58.6 Å². The summed E-state index contributed by atoms with van der Waals surface area (Å²) < 4.78 is 28.5. The van der Waals surface area contributed by atoms with Crippen molar-refractivity contribution in [1.29, 1.82) is 0 Å². The van der Waals surface area contributed by atoms with Gasteiger partial charge in [-0.3, -0.25) is 9.59 Å². The zero-order chi connectivity index (χ0) is 22.3. The van der Waals surface area contributed by atoms with Gasteiger partial charge in [0.1, 0.15) is 10.9 Å². The largest absolute Gasteiger partial charge is 0.274 e. The maximum atomic E-state index is 13.7. The summed E-state index contributed by atoms with van der Waals surface area (Å²) in [6, 6.07) is 11.4. The van der Waals surface area contributed by atoms with Gasteiger partial charge in [0.25, 0.3) is 5.91 Å². The lowest BCUT2D eigenvalue weighted by Crippen LogP contribution is -2.55. The molecule has 1 heterocycles. The minimum absolute atomic E-state index is 0.00649. The van der Waals surface area contributed by atoms with Crippen molar-refractivity contribution in [2.75, 3.05) is 4.90 Å². The molecule has 1 saturated heterocycles. The van der Waals surface area contributed by atoms with Crippen LogP contribution in [0.15, 0.2) is 53.4 Å². The van der Waals surface area contributed by atoms with E-state index in [0.29, 0.717) is 12.1 Å². The molecule has 0 N–H and O–H groups in total. The third kappa shape index (κ3) is 3.99. The average Bonchev–Trinajstić information content (AvgIpc) is 2.97. The lowest BCUT2D eigenvalue weighted by atomic mass is 10.00. The lowest BCUT2D eigenvalue weighted by molar-refractivity contribution is -0.122. The van der Waals surface area contributed by atoms with Crippen LogP contribution in [0.5, 0.6) is 0 Å². The predicted molar refractivity (Wildman–Crippen MR) is 117 cm³/mol. The molecule has 30 heavy (non-hydrogen) atoms. The van der Waals surface area contributed by atoms with Gasteiger partial charge in [-0.05, 0) is 50.6 Å². The van der Waals surface area contributed by atoms with Crippen molar-refractivity contribution in [1.82, 2.24) is 4.31 Å². The van der Waals surface area contributed by atoms with Crippen molar-refractivity contribution in [3.63, 3.8) is 0 Å². The van der Waals surface area contributed by atoms with E-state index in [1.807, 2.05) is 6.92 Å². The van der Waals surface area contributed by atoms with E-state index in [4.69, 9.17) is 23.2 Å². The first-order chi connectivity index (χ1) is 14.0. The molecular weight excluding hydrogens is 447 g/mol. The van der Waals surface area contributed by atoms with E-state index in [1.165, 1.54) is 18.2 Å². The SMILES string of the molecule is CCC(C)(C)N(C1CC(=O)N(c2ccccc2)C1=O)S(=O)(=O)c1cc(Cl)ccc1Cl. The quantitative estimate of drug-likeness (QED) is 0.584. The highest BCUT2D eigenvalue weighted by atomic mass is 35.5. The molecular formula is C21H22Cl2N2O4S. The third-order valence-electron chi connectivity index (χ3n) is 5.31. The highest BCUT2D eigenvalue weighted by molar-refractivity contribution is 7.89. The molecule has 2 amide bonds. The summed E-state index contributed by atoms with van der Waals surface area (Å²) in [5.41, 5.74) is -0.555.